The molecule has 0 spiro atoms. The molecule has 0 aliphatic rings. The SMILES string of the molecule is O=C(O)c1nn(Cc2ccccc2Cl)cc1Cl. The fraction of sp³-hybridized carbons (Fsp3) is 0.0909. The van der Waals surface area contributed by atoms with Crippen LogP contribution < -0.4 is 0 Å². The third-order valence-corrected chi connectivity index (χ3v) is 2.86. The summed E-state index contributed by atoms with van der Waals surface area (Å²) < 4.78 is 1.45. The van der Waals surface area contributed by atoms with E-state index in [4.69, 9.17) is 28.3 Å². The van der Waals surface area contributed by atoms with E-state index in [2.05, 4.69) is 5.10 Å². The maximum absolute atomic E-state index is 10.8. The Labute approximate surface area is 107 Å². The Hall–Kier alpha value is -1.52. The zero-order valence-electron chi connectivity index (χ0n) is 8.60. The first-order valence-electron chi connectivity index (χ1n) is 4.77. The summed E-state index contributed by atoms with van der Waals surface area (Å²) in [5.41, 5.74) is 0.698. The van der Waals surface area contributed by atoms with Gasteiger partial charge in [0.25, 0.3) is 0 Å². The molecule has 0 aliphatic carbocycles. The van der Waals surface area contributed by atoms with Crippen LogP contribution in [0.15, 0.2) is 30.5 Å². The molecule has 0 bridgehead atoms. The number of hydrogen-bond acceptors (Lipinski definition) is 2. The molecule has 0 atom stereocenters. The molecule has 0 unspecified atom stereocenters. The van der Waals surface area contributed by atoms with Gasteiger partial charge in [0.05, 0.1) is 11.6 Å². The van der Waals surface area contributed by atoms with Crippen LogP contribution in [0.4, 0.5) is 0 Å². The number of carbonyl (C=O) groups is 1. The van der Waals surface area contributed by atoms with Crippen LogP contribution in [-0.4, -0.2) is 20.9 Å². The van der Waals surface area contributed by atoms with Crippen LogP contribution in [0.5, 0.6) is 0 Å². The molecule has 1 heterocycles. The van der Waals surface area contributed by atoms with E-state index in [-0.39, 0.29) is 10.7 Å². The van der Waals surface area contributed by atoms with E-state index >= 15 is 0 Å². The Balaban J connectivity index is 2.28. The van der Waals surface area contributed by atoms with Crippen LogP contribution in [0.3, 0.4) is 0 Å². The van der Waals surface area contributed by atoms with Crippen molar-refractivity contribution in [1.29, 1.82) is 0 Å². The molecule has 0 fully saturated rings. The Kier molecular flexibility index (Phi) is 3.36. The van der Waals surface area contributed by atoms with Crippen molar-refractivity contribution in [2.45, 2.75) is 6.54 Å². The second-order valence-corrected chi connectivity index (χ2v) is 4.23. The van der Waals surface area contributed by atoms with Gasteiger partial charge in [-0.25, -0.2) is 4.79 Å². The monoisotopic (exact) mass is 270 g/mol. The van der Waals surface area contributed by atoms with E-state index in [0.717, 1.165) is 5.56 Å². The van der Waals surface area contributed by atoms with E-state index in [0.29, 0.717) is 11.6 Å². The number of aromatic nitrogens is 2. The normalized spacial score (nSPS) is 10.5. The maximum atomic E-state index is 10.8. The van der Waals surface area contributed by atoms with Crippen molar-refractivity contribution < 1.29 is 9.90 Å². The predicted molar refractivity (Wildman–Crippen MR) is 64.8 cm³/mol. The van der Waals surface area contributed by atoms with Crippen molar-refractivity contribution in [3.8, 4) is 0 Å². The molecule has 1 aromatic heterocycles. The molecule has 0 radical (unpaired) electrons. The molecule has 0 saturated heterocycles. The van der Waals surface area contributed by atoms with Gasteiger partial charge in [-0.2, -0.15) is 5.10 Å². The van der Waals surface area contributed by atoms with E-state index in [9.17, 15) is 4.79 Å². The van der Waals surface area contributed by atoms with Gasteiger partial charge in [0.1, 0.15) is 0 Å². The van der Waals surface area contributed by atoms with Gasteiger partial charge in [0.2, 0.25) is 0 Å². The Morgan fingerprint density at radius 1 is 1.29 bits per heavy atom. The molecule has 4 nitrogen and oxygen atoms in total. The van der Waals surface area contributed by atoms with Crippen LogP contribution in [0.2, 0.25) is 10.0 Å². The minimum atomic E-state index is -1.15. The number of hydrogen-bond donors (Lipinski definition) is 1. The summed E-state index contributed by atoms with van der Waals surface area (Å²) in [6.45, 7) is 0.382. The van der Waals surface area contributed by atoms with Crippen LogP contribution in [-0.2, 0) is 6.54 Å². The van der Waals surface area contributed by atoms with Crippen LogP contribution in [0.25, 0.3) is 0 Å². The molecule has 0 amide bonds. The standard InChI is InChI=1S/C11H8Cl2N2O2/c12-8-4-2-1-3-7(8)5-15-6-9(13)10(14-15)11(16)17/h1-4,6H,5H2,(H,16,17). The number of aromatic carboxylic acids is 1. The second-order valence-electron chi connectivity index (χ2n) is 3.42. The largest absolute Gasteiger partial charge is 0.476 e. The number of rotatable bonds is 3. The number of nitrogens with zero attached hydrogens (tertiary/aromatic N) is 2. The second kappa shape index (κ2) is 4.77. The van der Waals surface area contributed by atoms with Crippen LogP contribution >= 0.6 is 23.2 Å². The van der Waals surface area contributed by atoms with E-state index in [1.54, 1.807) is 6.07 Å². The first-order chi connectivity index (χ1) is 8.08. The summed E-state index contributed by atoms with van der Waals surface area (Å²) in [7, 11) is 0. The first-order valence-corrected chi connectivity index (χ1v) is 5.53. The quantitative estimate of drug-likeness (QED) is 0.933. The predicted octanol–water partition coefficient (Wildman–Crippen LogP) is 2.94. The van der Waals surface area contributed by atoms with Crippen molar-refractivity contribution in [2.75, 3.05) is 0 Å². The topological polar surface area (TPSA) is 55.1 Å². The van der Waals surface area contributed by atoms with Crippen molar-refractivity contribution >= 4 is 29.2 Å². The average molecular weight is 271 g/mol. The molecule has 1 aromatic carbocycles. The number of carboxylic acid groups (broad SMARTS) is 1. The summed E-state index contributed by atoms with van der Waals surface area (Å²) >= 11 is 11.7. The van der Waals surface area contributed by atoms with Crippen LogP contribution in [0.1, 0.15) is 16.1 Å². The van der Waals surface area contributed by atoms with E-state index in [1.807, 2.05) is 18.2 Å². The van der Waals surface area contributed by atoms with Gasteiger partial charge < -0.3 is 5.11 Å². The summed E-state index contributed by atoms with van der Waals surface area (Å²) in [4.78, 5) is 10.8. The Morgan fingerprint density at radius 3 is 2.59 bits per heavy atom. The van der Waals surface area contributed by atoms with E-state index < -0.39 is 5.97 Å². The van der Waals surface area contributed by atoms with Gasteiger partial charge in [0.15, 0.2) is 5.69 Å². The highest BCUT2D eigenvalue weighted by molar-refractivity contribution is 6.33. The number of benzene rings is 1. The summed E-state index contributed by atoms with van der Waals surface area (Å²) in [5.74, 6) is -1.15. The zero-order chi connectivity index (χ0) is 12.4. The fourth-order valence-electron chi connectivity index (χ4n) is 1.42. The van der Waals surface area contributed by atoms with E-state index in [1.165, 1.54) is 10.9 Å². The summed E-state index contributed by atoms with van der Waals surface area (Å²) in [6.07, 6.45) is 1.47. The highest BCUT2D eigenvalue weighted by Crippen LogP contribution is 2.18. The van der Waals surface area contributed by atoms with Gasteiger partial charge >= 0.3 is 5.97 Å². The lowest BCUT2D eigenvalue weighted by molar-refractivity contribution is 0.0689. The fourth-order valence-corrected chi connectivity index (χ4v) is 1.85. The molecule has 17 heavy (non-hydrogen) atoms. The number of halogens is 2. The smallest absolute Gasteiger partial charge is 0.357 e. The molecular weight excluding hydrogens is 263 g/mol. The Bertz CT molecular complexity index is 566. The van der Waals surface area contributed by atoms with Crippen molar-refractivity contribution in [3.63, 3.8) is 0 Å². The number of carboxylic acids is 1. The van der Waals surface area contributed by atoms with Gasteiger partial charge in [0, 0.05) is 11.2 Å². The average Bonchev–Trinajstić information content (AvgIpc) is 2.63. The molecular formula is C11H8Cl2N2O2. The lowest BCUT2D eigenvalue weighted by atomic mass is 10.2. The summed E-state index contributed by atoms with van der Waals surface area (Å²) in [5, 5.41) is 13.4. The Morgan fingerprint density at radius 2 is 2.00 bits per heavy atom. The first kappa shape index (κ1) is 12.0. The van der Waals surface area contributed by atoms with Gasteiger partial charge in [-0.3, -0.25) is 4.68 Å². The molecule has 0 saturated carbocycles. The zero-order valence-corrected chi connectivity index (χ0v) is 10.1. The minimum Gasteiger partial charge on any atom is -0.476 e. The minimum absolute atomic E-state index is 0.115. The molecule has 1 N–H and O–H groups in total. The third kappa shape index (κ3) is 2.60. The lowest BCUT2D eigenvalue weighted by Crippen LogP contribution is -2.04. The van der Waals surface area contributed by atoms with Crippen molar-refractivity contribution in [2.24, 2.45) is 0 Å². The van der Waals surface area contributed by atoms with Crippen LogP contribution in [0, 0.1) is 0 Å². The highest BCUT2D eigenvalue weighted by atomic mass is 35.5. The summed E-state index contributed by atoms with van der Waals surface area (Å²) in [6, 6.07) is 7.29. The molecule has 2 rings (SSSR count). The van der Waals surface area contributed by atoms with Gasteiger partial charge in [-0.15, -0.1) is 0 Å². The molecule has 0 aliphatic heterocycles. The third-order valence-electron chi connectivity index (χ3n) is 2.21. The highest BCUT2D eigenvalue weighted by Gasteiger charge is 2.14. The molecule has 88 valence electrons. The molecule has 6 heteroatoms. The van der Waals surface area contributed by atoms with Crippen molar-refractivity contribution in [3.05, 3.63) is 51.8 Å². The molecule has 2 aromatic rings. The van der Waals surface area contributed by atoms with Crippen molar-refractivity contribution in [1.82, 2.24) is 9.78 Å². The lowest BCUT2D eigenvalue weighted by Gasteiger charge is -2.03. The maximum Gasteiger partial charge on any atom is 0.357 e. The van der Waals surface area contributed by atoms with Gasteiger partial charge in [-0.1, -0.05) is 41.4 Å². The van der Waals surface area contributed by atoms with Gasteiger partial charge in [-0.05, 0) is 11.6 Å².